The number of anilines is 2. The van der Waals surface area contributed by atoms with Gasteiger partial charge >= 0.3 is 0 Å². The van der Waals surface area contributed by atoms with E-state index in [0.29, 0.717) is 5.11 Å². The predicted molar refractivity (Wildman–Crippen MR) is 90.4 cm³/mol. The van der Waals surface area contributed by atoms with E-state index in [1.54, 1.807) is 0 Å². The molecule has 2 aromatic carbocycles. The Morgan fingerprint density at radius 1 is 1.09 bits per heavy atom. The average molecular weight is 335 g/mol. The molecule has 120 valence electrons. The van der Waals surface area contributed by atoms with Crippen LogP contribution in [0.1, 0.15) is 5.56 Å². The first-order valence-electron chi connectivity index (χ1n) is 6.81. The van der Waals surface area contributed by atoms with Crippen LogP contribution in [0.4, 0.5) is 20.2 Å². The molecule has 0 fully saturated rings. The smallest absolute Gasteiger partial charge is 0.243 e. The summed E-state index contributed by atoms with van der Waals surface area (Å²) >= 11 is 5.10. The van der Waals surface area contributed by atoms with Crippen LogP contribution in [0.2, 0.25) is 0 Å². The molecule has 2 aromatic rings. The molecule has 23 heavy (non-hydrogen) atoms. The summed E-state index contributed by atoms with van der Waals surface area (Å²) < 4.78 is 25.9. The number of para-hydroxylation sites is 1. The molecular weight excluding hydrogens is 320 g/mol. The monoisotopic (exact) mass is 335 g/mol. The summed E-state index contributed by atoms with van der Waals surface area (Å²) in [6.45, 7) is 1.83. The molecular formula is C16H15F2N3OS. The van der Waals surface area contributed by atoms with E-state index in [-0.39, 0.29) is 12.2 Å². The zero-order valence-electron chi connectivity index (χ0n) is 12.3. The quantitative estimate of drug-likeness (QED) is 0.751. The van der Waals surface area contributed by atoms with Gasteiger partial charge < -0.3 is 16.0 Å². The first-order valence-corrected chi connectivity index (χ1v) is 7.22. The fraction of sp³-hybridized carbons (Fsp3) is 0.125. The highest BCUT2D eigenvalue weighted by molar-refractivity contribution is 7.80. The van der Waals surface area contributed by atoms with Crippen molar-refractivity contribution in [3.8, 4) is 0 Å². The average Bonchev–Trinajstić information content (AvgIpc) is 2.51. The maximum Gasteiger partial charge on any atom is 0.243 e. The fourth-order valence-electron chi connectivity index (χ4n) is 1.82. The van der Waals surface area contributed by atoms with Gasteiger partial charge in [-0.05, 0) is 42.9 Å². The maximum atomic E-state index is 13.1. The van der Waals surface area contributed by atoms with E-state index in [1.807, 2.05) is 31.2 Å². The molecule has 0 unspecified atom stereocenters. The van der Waals surface area contributed by atoms with E-state index in [9.17, 15) is 13.6 Å². The lowest BCUT2D eigenvalue weighted by Gasteiger charge is -2.12. The SMILES string of the molecule is Cc1ccccc1NC(=S)NCC(=O)Nc1ccc(F)c(F)c1. The summed E-state index contributed by atoms with van der Waals surface area (Å²) in [7, 11) is 0. The number of aryl methyl sites for hydroxylation is 1. The van der Waals surface area contributed by atoms with Crippen molar-refractivity contribution in [1.29, 1.82) is 0 Å². The standard InChI is InChI=1S/C16H15F2N3OS/c1-10-4-2-3-5-14(10)21-16(23)19-9-15(22)20-11-6-7-12(17)13(18)8-11/h2-8H,9H2,1H3,(H,20,22)(H2,19,21,23). The fourth-order valence-corrected chi connectivity index (χ4v) is 2.00. The third-order valence-corrected chi connectivity index (χ3v) is 3.25. The molecule has 3 N–H and O–H groups in total. The van der Waals surface area contributed by atoms with Crippen molar-refractivity contribution < 1.29 is 13.6 Å². The summed E-state index contributed by atoms with van der Waals surface area (Å²) in [4.78, 5) is 11.8. The van der Waals surface area contributed by atoms with Gasteiger partial charge in [0.05, 0.1) is 6.54 Å². The first kappa shape index (κ1) is 16.8. The van der Waals surface area contributed by atoms with E-state index in [1.165, 1.54) is 6.07 Å². The maximum absolute atomic E-state index is 13.1. The molecule has 4 nitrogen and oxygen atoms in total. The summed E-state index contributed by atoms with van der Waals surface area (Å²) in [5.74, 6) is -2.41. The van der Waals surface area contributed by atoms with Crippen molar-refractivity contribution in [3.63, 3.8) is 0 Å². The van der Waals surface area contributed by atoms with Crippen LogP contribution >= 0.6 is 12.2 Å². The van der Waals surface area contributed by atoms with Crippen molar-refractivity contribution in [1.82, 2.24) is 5.32 Å². The number of rotatable bonds is 4. The minimum absolute atomic E-state index is 0.100. The minimum atomic E-state index is -1.02. The lowest BCUT2D eigenvalue weighted by atomic mass is 10.2. The Balaban J connectivity index is 1.83. The molecule has 0 atom stereocenters. The van der Waals surface area contributed by atoms with Crippen LogP contribution in [0, 0.1) is 18.6 Å². The largest absolute Gasteiger partial charge is 0.353 e. The Hall–Kier alpha value is -2.54. The molecule has 2 rings (SSSR count). The van der Waals surface area contributed by atoms with Gasteiger partial charge in [-0.3, -0.25) is 4.79 Å². The number of hydrogen-bond donors (Lipinski definition) is 3. The molecule has 7 heteroatoms. The Labute approximate surface area is 137 Å². The molecule has 0 aromatic heterocycles. The van der Waals surface area contributed by atoms with Gasteiger partial charge in [-0.2, -0.15) is 0 Å². The highest BCUT2D eigenvalue weighted by Crippen LogP contribution is 2.13. The molecule has 0 radical (unpaired) electrons. The molecule has 0 aliphatic carbocycles. The van der Waals surface area contributed by atoms with Crippen LogP contribution in [0.3, 0.4) is 0 Å². The molecule has 0 spiro atoms. The summed E-state index contributed by atoms with van der Waals surface area (Å²) in [6.07, 6.45) is 0. The highest BCUT2D eigenvalue weighted by Gasteiger charge is 2.07. The Kier molecular flexibility index (Phi) is 5.59. The van der Waals surface area contributed by atoms with Gasteiger partial charge in [0, 0.05) is 17.4 Å². The second kappa shape index (κ2) is 7.64. The van der Waals surface area contributed by atoms with Gasteiger partial charge in [-0.1, -0.05) is 18.2 Å². The molecule has 0 bridgehead atoms. The zero-order valence-corrected chi connectivity index (χ0v) is 13.1. The molecule has 0 saturated heterocycles. The van der Waals surface area contributed by atoms with Gasteiger partial charge in [0.1, 0.15) is 0 Å². The van der Waals surface area contributed by atoms with Crippen LogP contribution in [0.15, 0.2) is 42.5 Å². The second-order valence-corrected chi connectivity index (χ2v) is 5.21. The third-order valence-electron chi connectivity index (χ3n) is 3.01. The summed E-state index contributed by atoms with van der Waals surface area (Å²) in [5.41, 5.74) is 2.03. The number of benzene rings is 2. The Morgan fingerprint density at radius 2 is 1.83 bits per heavy atom. The van der Waals surface area contributed by atoms with Crippen LogP contribution in [0.25, 0.3) is 0 Å². The van der Waals surface area contributed by atoms with Gasteiger partial charge in [0.15, 0.2) is 16.7 Å². The van der Waals surface area contributed by atoms with E-state index in [4.69, 9.17) is 12.2 Å². The van der Waals surface area contributed by atoms with Gasteiger partial charge in [0.25, 0.3) is 0 Å². The molecule has 0 aliphatic heterocycles. The van der Waals surface area contributed by atoms with Crippen molar-refractivity contribution in [3.05, 3.63) is 59.7 Å². The van der Waals surface area contributed by atoms with E-state index in [2.05, 4.69) is 16.0 Å². The van der Waals surface area contributed by atoms with Gasteiger partial charge in [-0.25, -0.2) is 8.78 Å². The number of halogens is 2. The normalized spacial score (nSPS) is 10.0. The van der Waals surface area contributed by atoms with E-state index >= 15 is 0 Å². The number of carbonyl (C=O) groups is 1. The number of amides is 1. The molecule has 0 saturated carbocycles. The lowest BCUT2D eigenvalue weighted by Crippen LogP contribution is -2.35. The highest BCUT2D eigenvalue weighted by atomic mass is 32.1. The molecule has 1 amide bonds. The van der Waals surface area contributed by atoms with E-state index < -0.39 is 17.5 Å². The lowest BCUT2D eigenvalue weighted by molar-refractivity contribution is -0.115. The van der Waals surface area contributed by atoms with Crippen LogP contribution in [-0.2, 0) is 4.79 Å². The van der Waals surface area contributed by atoms with Crippen molar-refractivity contribution in [2.24, 2.45) is 0 Å². The zero-order chi connectivity index (χ0) is 16.8. The summed E-state index contributed by atoms with van der Waals surface area (Å²) in [5, 5.41) is 8.46. The summed E-state index contributed by atoms with van der Waals surface area (Å²) in [6, 6.07) is 10.7. The number of carbonyl (C=O) groups excluding carboxylic acids is 1. The van der Waals surface area contributed by atoms with Crippen molar-refractivity contribution in [2.45, 2.75) is 6.92 Å². The molecule has 0 aliphatic rings. The Bertz CT molecular complexity index is 737. The van der Waals surface area contributed by atoms with Crippen LogP contribution < -0.4 is 16.0 Å². The predicted octanol–water partition coefficient (Wildman–Crippen LogP) is 3.20. The minimum Gasteiger partial charge on any atom is -0.353 e. The van der Waals surface area contributed by atoms with E-state index in [0.717, 1.165) is 23.4 Å². The van der Waals surface area contributed by atoms with Crippen LogP contribution in [-0.4, -0.2) is 17.6 Å². The Morgan fingerprint density at radius 3 is 2.52 bits per heavy atom. The third kappa shape index (κ3) is 5.00. The van der Waals surface area contributed by atoms with Crippen molar-refractivity contribution >= 4 is 34.6 Å². The number of thiocarbonyl (C=S) groups is 1. The first-order chi connectivity index (χ1) is 11.0. The number of hydrogen-bond acceptors (Lipinski definition) is 2. The second-order valence-electron chi connectivity index (χ2n) is 4.80. The van der Waals surface area contributed by atoms with Crippen molar-refractivity contribution in [2.75, 3.05) is 17.2 Å². The number of nitrogens with one attached hydrogen (secondary N) is 3. The molecule has 0 heterocycles. The topological polar surface area (TPSA) is 53.2 Å². The van der Waals surface area contributed by atoms with Gasteiger partial charge in [0.2, 0.25) is 5.91 Å². The van der Waals surface area contributed by atoms with Crippen LogP contribution in [0.5, 0.6) is 0 Å². The van der Waals surface area contributed by atoms with Gasteiger partial charge in [-0.15, -0.1) is 0 Å².